The number of fused-ring (bicyclic) bond motifs is 13. The van der Waals surface area contributed by atoms with Crippen LogP contribution in [0.15, 0.2) is 147 Å². The largest absolute Gasteiger partial charge is 0.456 e. The maximum absolute atomic E-state index is 6.73. The maximum atomic E-state index is 6.73. The summed E-state index contributed by atoms with van der Waals surface area (Å²) in [6.07, 6.45) is 7.65. The quantitative estimate of drug-likeness (QED) is 0.166. The summed E-state index contributed by atoms with van der Waals surface area (Å²) < 4.78 is 13.0. The van der Waals surface area contributed by atoms with Gasteiger partial charge in [-0.1, -0.05) is 99.7 Å². The van der Waals surface area contributed by atoms with Crippen molar-refractivity contribution in [3.63, 3.8) is 0 Å². The second kappa shape index (κ2) is 8.89. The second-order valence-electron chi connectivity index (χ2n) is 16.2. The molecule has 3 heteroatoms. The smallest absolute Gasteiger partial charge is 0.137 e. The minimum absolute atomic E-state index is 0.117. The number of anilines is 2. The monoisotopic (exact) mass is 649 g/mol. The standard InChI is InChI=1S/C47H39NO2/c1-27-23-24-45(4)33-16-10-11-17-34(33)48(46(5)26-39-44(2,3)31-14-8-9-15-32(31)47(39,6)42(27)43(45)46)28-19-20-30-38(25-28)50-37-22-21-36-40(41(30)37)29-13-7-12-18-35(29)49-36/h7-27H,1-6H3. The van der Waals surface area contributed by atoms with E-state index >= 15 is 0 Å². The van der Waals surface area contributed by atoms with Crippen molar-refractivity contribution < 1.29 is 8.83 Å². The van der Waals surface area contributed by atoms with Crippen LogP contribution in [0.3, 0.4) is 0 Å². The van der Waals surface area contributed by atoms with Gasteiger partial charge in [-0.15, -0.1) is 0 Å². The molecule has 11 rings (SSSR count). The molecule has 0 radical (unpaired) electrons. The van der Waals surface area contributed by atoms with Gasteiger partial charge in [0.15, 0.2) is 0 Å². The van der Waals surface area contributed by atoms with Gasteiger partial charge < -0.3 is 13.7 Å². The van der Waals surface area contributed by atoms with E-state index in [0.29, 0.717) is 5.92 Å². The zero-order valence-electron chi connectivity index (χ0n) is 29.4. The highest BCUT2D eigenvalue weighted by atomic mass is 16.3. The fourth-order valence-electron chi connectivity index (χ4n) is 11.3. The van der Waals surface area contributed by atoms with E-state index < -0.39 is 5.54 Å². The minimum atomic E-state index is -0.431. The SMILES string of the molecule is CC1C=CC2(C)C3=C1C1(C)C(=CC3(C)N(c3ccc4c(c3)oc3ccc5oc6ccccc6c5c34)c3ccccc32)C(C)(C)c2ccccc21. The third-order valence-electron chi connectivity index (χ3n) is 13.2. The lowest BCUT2D eigenvalue weighted by molar-refractivity contribution is 0.415. The summed E-state index contributed by atoms with van der Waals surface area (Å²) in [4.78, 5) is 2.62. The van der Waals surface area contributed by atoms with Crippen LogP contribution in [0.5, 0.6) is 0 Å². The summed E-state index contributed by atoms with van der Waals surface area (Å²) in [7, 11) is 0. The fraction of sp³-hybridized carbons (Fsp3) is 0.234. The van der Waals surface area contributed by atoms with E-state index in [4.69, 9.17) is 8.83 Å². The molecule has 0 bridgehead atoms. The lowest BCUT2D eigenvalue weighted by atomic mass is 9.50. The molecular weight excluding hydrogens is 611 g/mol. The third kappa shape index (κ3) is 3.11. The van der Waals surface area contributed by atoms with E-state index in [-0.39, 0.29) is 16.2 Å². The average Bonchev–Trinajstić information content (AvgIpc) is 3.73. The van der Waals surface area contributed by atoms with Gasteiger partial charge in [0.05, 0.1) is 5.54 Å². The molecule has 4 aliphatic rings. The Kier molecular flexibility index (Phi) is 5.08. The topological polar surface area (TPSA) is 29.5 Å². The Morgan fingerprint density at radius 1 is 0.620 bits per heavy atom. The van der Waals surface area contributed by atoms with Crippen LogP contribution in [-0.2, 0) is 16.2 Å². The van der Waals surface area contributed by atoms with Crippen molar-refractivity contribution in [3.8, 4) is 0 Å². The first kappa shape index (κ1) is 28.5. The van der Waals surface area contributed by atoms with Crippen molar-refractivity contribution >= 4 is 55.3 Å². The summed E-state index contributed by atoms with van der Waals surface area (Å²) in [5, 5.41) is 4.46. The van der Waals surface area contributed by atoms with Crippen LogP contribution < -0.4 is 4.90 Å². The minimum Gasteiger partial charge on any atom is -0.456 e. The lowest BCUT2D eigenvalue weighted by Crippen LogP contribution is -2.59. The second-order valence-corrected chi connectivity index (χ2v) is 16.2. The Bertz CT molecular complexity index is 2770. The Hall–Kier alpha value is -5.28. The molecule has 244 valence electrons. The predicted molar refractivity (Wildman–Crippen MR) is 206 cm³/mol. The number of rotatable bonds is 1. The van der Waals surface area contributed by atoms with Crippen LogP contribution in [0.2, 0.25) is 0 Å². The molecule has 3 aliphatic carbocycles. The van der Waals surface area contributed by atoms with E-state index in [0.717, 1.165) is 49.6 Å². The van der Waals surface area contributed by atoms with Crippen molar-refractivity contribution in [2.45, 2.75) is 63.3 Å². The van der Waals surface area contributed by atoms with Gasteiger partial charge in [-0.05, 0) is 96.5 Å². The van der Waals surface area contributed by atoms with E-state index in [1.54, 1.807) is 5.57 Å². The summed E-state index contributed by atoms with van der Waals surface area (Å²) in [6, 6.07) is 37.5. The van der Waals surface area contributed by atoms with Crippen molar-refractivity contribution in [2.75, 3.05) is 4.90 Å². The zero-order valence-corrected chi connectivity index (χ0v) is 29.4. The molecule has 4 atom stereocenters. The van der Waals surface area contributed by atoms with Gasteiger partial charge in [0.2, 0.25) is 0 Å². The van der Waals surface area contributed by atoms with Gasteiger partial charge >= 0.3 is 0 Å². The van der Waals surface area contributed by atoms with E-state index in [1.807, 2.05) is 18.2 Å². The molecule has 0 N–H and O–H groups in total. The lowest BCUT2D eigenvalue weighted by Gasteiger charge is -2.60. The van der Waals surface area contributed by atoms with E-state index in [2.05, 4.69) is 150 Å². The summed E-state index contributed by atoms with van der Waals surface area (Å²) in [6.45, 7) is 14.7. The molecular formula is C47H39NO2. The van der Waals surface area contributed by atoms with Crippen molar-refractivity contribution in [2.24, 2.45) is 5.92 Å². The third-order valence-corrected chi connectivity index (χ3v) is 13.2. The van der Waals surface area contributed by atoms with Crippen LogP contribution >= 0.6 is 0 Å². The predicted octanol–water partition coefficient (Wildman–Crippen LogP) is 12.3. The molecule has 5 aromatic carbocycles. The molecule has 0 amide bonds. The summed E-state index contributed by atoms with van der Waals surface area (Å²) in [5.41, 5.74) is 13.7. The van der Waals surface area contributed by atoms with E-state index in [1.165, 1.54) is 33.5 Å². The summed E-state index contributed by atoms with van der Waals surface area (Å²) >= 11 is 0. The highest BCUT2D eigenvalue weighted by Crippen LogP contribution is 2.68. The molecule has 50 heavy (non-hydrogen) atoms. The van der Waals surface area contributed by atoms with Crippen molar-refractivity contribution in [3.05, 3.63) is 155 Å². The molecule has 0 saturated carbocycles. The van der Waals surface area contributed by atoms with Crippen LogP contribution in [0.25, 0.3) is 43.9 Å². The van der Waals surface area contributed by atoms with Gasteiger partial charge in [0.25, 0.3) is 0 Å². The Balaban J connectivity index is 1.22. The molecule has 0 spiro atoms. The fourth-order valence-corrected chi connectivity index (χ4v) is 11.3. The van der Waals surface area contributed by atoms with Gasteiger partial charge in [0, 0.05) is 55.2 Å². The normalized spacial score (nSPS) is 27.5. The highest BCUT2D eigenvalue weighted by molar-refractivity contribution is 6.25. The molecule has 2 aromatic heterocycles. The Labute approximate surface area is 292 Å². The van der Waals surface area contributed by atoms with Crippen molar-refractivity contribution in [1.29, 1.82) is 0 Å². The molecule has 3 nitrogen and oxygen atoms in total. The molecule has 0 saturated heterocycles. The first-order valence-corrected chi connectivity index (χ1v) is 18.0. The Morgan fingerprint density at radius 3 is 2.04 bits per heavy atom. The molecule has 7 aromatic rings. The number of hydrogen-bond donors (Lipinski definition) is 0. The molecule has 3 heterocycles. The maximum Gasteiger partial charge on any atom is 0.137 e. The first-order chi connectivity index (χ1) is 24.1. The number of benzene rings is 5. The summed E-state index contributed by atoms with van der Waals surface area (Å²) in [5.74, 6) is 0.296. The molecule has 1 aliphatic heterocycles. The van der Waals surface area contributed by atoms with Crippen LogP contribution in [0.1, 0.15) is 58.2 Å². The highest BCUT2D eigenvalue weighted by Gasteiger charge is 2.62. The number of furan rings is 2. The van der Waals surface area contributed by atoms with Crippen LogP contribution in [0.4, 0.5) is 11.4 Å². The average molecular weight is 650 g/mol. The number of hydrogen-bond acceptors (Lipinski definition) is 3. The van der Waals surface area contributed by atoms with Gasteiger partial charge in [-0.3, -0.25) is 0 Å². The zero-order chi connectivity index (χ0) is 33.9. The van der Waals surface area contributed by atoms with Gasteiger partial charge in [0.1, 0.15) is 22.3 Å². The van der Waals surface area contributed by atoms with E-state index in [9.17, 15) is 0 Å². The number of para-hydroxylation sites is 2. The number of nitrogens with zero attached hydrogens (tertiary/aromatic N) is 1. The number of allylic oxidation sites excluding steroid dienone is 4. The van der Waals surface area contributed by atoms with Gasteiger partial charge in [-0.25, -0.2) is 0 Å². The molecule has 4 unspecified atom stereocenters. The van der Waals surface area contributed by atoms with Crippen LogP contribution in [-0.4, -0.2) is 5.54 Å². The van der Waals surface area contributed by atoms with Gasteiger partial charge in [-0.2, -0.15) is 0 Å². The molecule has 0 fully saturated rings. The first-order valence-electron chi connectivity index (χ1n) is 18.0. The Morgan fingerprint density at radius 2 is 1.26 bits per heavy atom. The van der Waals surface area contributed by atoms with Crippen LogP contribution in [0, 0.1) is 5.92 Å². The van der Waals surface area contributed by atoms with Crippen molar-refractivity contribution in [1.82, 2.24) is 0 Å².